The van der Waals surface area contributed by atoms with Gasteiger partial charge < -0.3 is 5.11 Å². The molecule has 1 aromatic carbocycles. The number of sulfonamides is 1. The van der Waals surface area contributed by atoms with Crippen LogP contribution in [0.1, 0.15) is 25.8 Å². The van der Waals surface area contributed by atoms with E-state index in [-0.39, 0.29) is 10.8 Å². The van der Waals surface area contributed by atoms with Crippen molar-refractivity contribution in [2.45, 2.75) is 43.7 Å². The van der Waals surface area contributed by atoms with Crippen LogP contribution in [-0.4, -0.2) is 46.3 Å². The first-order chi connectivity index (χ1) is 11.8. The summed E-state index contributed by atoms with van der Waals surface area (Å²) in [6, 6.07) is 9.88. The van der Waals surface area contributed by atoms with Gasteiger partial charge in [-0.3, -0.25) is 4.68 Å². The largest absolute Gasteiger partial charge is 0.390 e. The highest BCUT2D eigenvalue weighted by molar-refractivity contribution is 7.89. The predicted octanol–water partition coefficient (Wildman–Crippen LogP) is 1.91. The highest BCUT2D eigenvalue weighted by atomic mass is 32.2. The van der Waals surface area contributed by atoms with Gasteiger partial charge in [0.2, 0.25) is 10.0 Å². The zero-order chi connectivity index (χ0) is 18.1. The van der Waals surface area contributed by atoms with Gasteiger partial charge in [0.25, 0.3) is 0 Å². The molecule has 25 heavy (non-hydrogen) atoms. The maximum atomic E-state index is 12.9. The lowest BCUT2D eigenvalue weighted by molar-refractivity contribution is -0.0406. The Morgan fingerprint density at radius 1 is 1.32 bits per heavy atom. The summed E-state index contributed by atoms with van der Waals surface area (Å²) in [5, 5.41) is 14.8. The van der Waals surface area contributed by atoms with Crippen molar-refractivity contribution in [3.63, 3.8) is 0 Å². The van der Waals surface area contributed by atoms with Gasteiger partial charge in [0, 0.05) is 31.7 Å². The smallest absolute Gasteiger partial charge is 0.246 e. The zero-order valence-electron chi connectivity index (χ0n) is 14.7. The number of aromatic nitrogens is 2. The first kappa shape index (κ1) is 18.1. The fraction of sp³-hybridized carbons (Fsp3) is 0.500. The number of benzene rings is 1. The van der Waals surface area contributed by atoms with E-state index < -0.39 is 15.6 Å². The third kappa shape index (κ3) is 3.78. The number of rotatable bonds is 5. The number of nitrogens with zero attached hydrogens (tertiary/aromatic N) is 3. The van der Waals surface area contributed by atoms with Crippen molar-refractivity contribution in [2.75, 3.05) is 13.1 Å². The summed E-state index contributed by atoms with van der Waals surface area (Å²) in [5.41, 5.74) is 0.223. The number of hydrogen-bond acceptors (Lipinski definition) is 4. The maximum Gasteiger partial charge on any atom is 0.246 e. The average Bonchev–Trinajstić information content (AvgIpc) is 3.07. The van der Waals surface area contributed by atoms with Crippen LogP contribution in [0.5, 0.6) is 0 Å². The zero-order valence-corrected chi connectivity index (χ0v) is 15.5. The lowest BCUT2D eigenvalue weighted by Crippen LogP contribution is -2.52. The molecule has 1 aromatic heterocycles. The Balaban J connectivity index is 1.81. The number of piperidine rings is 1. The Morgan fingerprint density at radius 2 is 2.04 bits per heavy atom. The second kappa shape index (κ2) is 6.90. The van der Waals surface area contributed by atoms with E-state index in [1.165, 1.54) is 10.5 Å². The first-order valence-corrected chi connectivity index (χ1v) is 10.1. The van der Waals surface area contributed by atoms with Gasteiger partial charge in [0.05, 0.1) is 11.8 Å². The highest BCUT2D eigenvalue weighted by Gasteiger charge is 2.41. The molecule has 0 unspecified atom stereocenters. The van der Waals surface area contributed by atoms with Crippen LogP contribution in [0, 0.1) is 5.92 Å². The lowest BCUT2D eigenvalue weighted by Gasteiger charge is -2.42. The molecule has 136 valence electrons. The molecule has 2 aromatic rings. The Morgan fingerprint density at radius 3 is 2.68 bits per heavy atom. The molecule has 0 amide bonds. The van der Waals surface area contributed by atoms with Crippen LogP contribution < -0.4 is 0 Å². The van der Waals surface area contributed by atoms with Crippen molar-refractivity contribution in [3.05, 3.63) is 48.3 Å². The molecule has 7 heteroatoms. The molecule has 0 radical (unpaired) electrons. The van der Waals surface area contributed by atoms with Gasteiger partial charge >= 0.3 is 0 Å². The molecule has 0 bridgehead atoms. The van der Waals surface area contributed by atoms with Crippen LogP contribution in [0.25, 0.3) is 0 Å². The maximum absolute atomic E-state index is 12.9. The first-order valence-electron chi connectivity index (χ1n) is 8.62. The molecule has 2 atom stereocenters. The second-order valence-electron chi connectivity index (χ2n) is 6.89. The van der Waals surface area contributed by atoms with Gasteiger partial charge in [-0.25, -0.2) is 8.42 Å². The Bertz CT molecular complexity index is 815. The monoisotopic (exact) mass is 363 g/mol. The molecule has 2 heterocycles. The number of hydrogen-bond donors (Lipinski definition) is 1. The molecule has 3 rings (SSSR count). The van der Waals surface area contributed by atoms with E-state index in [4.69, 9.17) is 0 Å². The van der Waals surface area contributed by atoms with Crippen molar-refractivity contribution in [1.29, 1.82) is 0 Å². The molecule has 6 nitrogen and oxygen atoms in total. The van der Waals surface area contributed by atoms with Crippen molar-refractivity contribution in [1.82, 2.24) is 14.1 Å². The summed E-state index contributed by atoms with van der Waals surface area (Å²) in [6.45, 7) is 4.97. The molecule has 1 saturated heterocycles. The molecule has 1 N–H and O–H groups in total. The minimum Gasteiger partial charge on any atom is -0.390 e. The van der Waals surface area contributed by atoms with Crippen LogP contribution in [0.2, 0.25) is 0 Å². The van der Waals surface area contributed by atoms with Crippen LogP contribution >= 0.6 is 0 Å². The molecule has 1 fully saturated rings. The van der Waals surface area contributed by atoms with Crippen molar-refractivity contribution < 1.29 is 13.5 Å². The fourth-order valence-electron chi connectivity index (χ4n) is 3.29. The third-order valence-electron chi connectivity index (χ3n) is 5.07. The van der Waals surface area contributed by atoms with E-state index in [0.29, 0.717) is 32.5 Å². The molecule has 0 aliphatic carbocycles. The quantitative estimate of drug-likeness (QED) is 0.880. The summed E-state index contributed by atoms with van der Waals surface area (Å²) in [6.07, 6.45) is 4.03. The van der Waals surface area contributed by atoms with Crippen LogP contribution in [0.15, 0.2) is 47.6 Å². The van der Waals surface area contributed by atoms with Crippen molar-refractivity contribution >= 4 is 10.0 Å². The van der Waals surface area contributed by atoms with E-state index in [9.17, 15) is 13.5 Å². The van der Waals surface area contributed by atoms with Gasteiger partial charge in [0.1, 0.15) is 4.90 Å². The Kier molecular flexibility index (Phi) is 4.99. The summed E-state index contributed by atoms with van der Waals surface area (Å²) in [5.74, 6) is -0.153. The topological polar surface area (TPSA) is 75.4 Å². The van der Waals surface area contributed by atoms with Crippen LogP contribution in [0.3, 0.4) is 0 Å². The SMILES string of the molecule is CCn1cc(S(=O)(=O)N2CC[C@@](C)(O)[C@@H](Cc3ccccc3)C2)cn1. The van der Waals surface area contributed by atoms with Crippen molar-refractivity contribution in [2.24, 2.45) is 5.92 Å². The van der Waals surface area contributed by atoms with Crippen LogP contribution in [-0.2, 0) is 23.0 Å². The summed E-state index contributed by atoms with van der Waals surface area (Å²) < 4.78 is 28.9. The van der Waals surface area contributed by atoms with Gasteiger partial charge in [-0.15, -0.1) is 0 Å². The molecule has 1 aliphatic heterocycles. The Labute approximate surface area is 149 Å². The molecule has 0 saturated carbocycles. The molecule has 0 spiro atoms. The summed E-state index contributed by atoms with van der Waals surface area (Å²) >= 11 is 0. The van der Waals surface area contributed by atoms with Gasteiger partial charge in [0.15, 0.2) is 0 Å². The Hall–Kier alpha value is -1.70. The number of aliphatic hydroxyl groups is 1. The normalized spacial score (nSPS) is 25.2. The van der Waals surface area contributed by atoms with E-state index in [1.807, 2.05) is 37.3 Å². The molecular formula is C18H25N3O3S. The molecule has 1 aliphatic rings. The van der Waals surface area contributed by atoms with E-state index in [0.717, 1.165) is 5.56 Å². The summed E-state index contributed by atoms with van der Waals surface area (Å²) in [4.78, 5) is 0.217. The van der Waals surface area contributed by atoms with E-state index in [1.54, 1.807) is 17.8 Å². The molecular weight excluding hydrogens is 338 g/mol. The standard InChI is InChI=1S/C18H25N3O3S/c1-3-20-14-17(12-19-20)25(23,24)21-10-9-18(2,22)16(13-21)11-15-7-5-4-6-8-15/h4-8,12,14,16,22H,3,9-11,13H2,1-2H3/t16-,18+/m0/s1. The van der Waals surface area contributed by atoms with Crippen LogP contribution in [0.4, 0.5) is 0 Å². The van der Waals surface area contributed by atoms with E-state index >= 15 is 0 Å². The van der Waals surface area contributed by atoms with E-state index in [2.05, 4.69) is 5.10 Å². The summed E-state index contributed by atoms with van der Waals surface area (Å²) in [7, 11) is -3.59. The second-order valence-corrected chi connectivity index (χ2v) is 8.83. The third-order valence-corrected chi connectivity index (χ3v) is 6.89. The highest BCUT2D eigenvalue weighted by Crippen LogP contribution is 2.33. The predicted molar refractivity (Wildman–Crippen MR) is 95.5 cm³/mol. The van der Waals surface area contributed by atoms with Gasteiger partial charge in [-0.1, -0.05) is 30.3 Å². The van der Waals surface area contributed by atoms with Gasteiger partial charge in [-0.05, 0) is 32.3 Å². The lowest BCUT2D eigenvalue weighted by atomic mass is 9.79. The minimum absolute atomic E-state index is 0.153. The van der Waals surface area contributed by atoms with Crippen molar-refractivity contribution in [3.8, 4) is 0 Å². The number of aryl methyl sites for hydroxylation is 1. The minimum atomic E-state index is -3.59. The fourth-order valence-corrected chi connectivity index (χ4v) is 4.73. The average molecular weight is 363 g/mol. The van der Waals surface area contributed by atoms with Gasteiger partial charge in [-0.2, -0.15) is 9.40 Å².